The Hall–Kier alpha value is 1.40. The van der Waals surface area contributed by atoms with E-state index in [0.717, 1.165) is 0 Å². The van der Waals surface area contributed by atoms with Crippen LogP contribution in [0.3, 0.4) is 0 Å². The van der Waals surface area contributed by atoms with Crippen LogP contribution in [0.25, 0.3) is 0 Å². The third-order valence-corrected chi connectivity index (χ3v) is 0. The molecule has 0 aromatic carbocycles. The zero-order valence-electron chi connectivity index (χ0n) is 0.855. The maximum atomic E-state index is 7.94. The molecule has 0 aromatic rings. The fourth-order valence-corrected chi connectivity index (χ4v) is 0. The van der Waals surface area contributed by atoms with E-state index in [2.05, 4.69) is 9.12 Å². The lowest BCUT2D eigenvalue weighted by molar-refractivity contribution is 0.607. The van der Waals surface area contributed by atoms with E-state index in [1.165, 1.54) is 0 Å². The van der Waals surface area contributed by atoms with E-state index < -0.39 is 0 Å². The van der Waals surface area contributed by atoms with Gasteiger partial charge in [-0.2, -0.15) is 0 Å². The van der Waals surface area contributed by atoms with Crippen LogP contribution in [0.5, 0.6) is 0 Å². The van der Waals surface area contributed by atoms with Crippen LogP contribution in [0, 0.1) is 0 Å². The topological polar surface area (TPSA) is 17.1 Å². The molecular weight excluding hydrogens is 98.3 g/mol. The van der Waals surface area contributed by atoms with Crippen LogP contribution in [0.1, 0.15) is 0 Å². The van der Waals surface area contributed by atoms with Crippen molar-refractivity contribution in [1.29, 1.82) is 0 Å². The van der Waals surface area contributed by atoms with Crippen molar-refractivity contribution in [3.05, 3.63) is 0 Å². The predicted octanol–water partition coefficient (Wildman–Crippen LogP) is -1.36. The summed E-state index contributed by atoms with van der Waals surface area (Å²) < 4.78 is 7.94. The highest BCUT2D eigenvalue weighted by atomic mass is 31.0. The minimum Gasteiger partial charge on any atom is -0.261 e. The first-order valence-corrected chi connectivity index (χ1v) is 0.548. The molecule has 21 valence electrons. The first kappa shape index (κ1) is 18.2. The molecule has 4 heavy (non-hydrogen) atoms. The fourth-order valence-electron chi connectivity index (χ4n) is 0. The van der Waals surface area contributed by atoms with Gasteiger partial charge in [-0.1, -0.05) is 0 Å². The van der Waals surface area contributed by atoms with Crippen molar-refractivity contribution in [3.8, 4) is 0 Å². The van der Waals surface area contributed by atoms with E-state index in [1.54, 1.807) is 0 Å². The van der Waals surface area contributed by atoms with E-state index in [1.807, 2.05) is 0 Å². The summed E-state index contributed by atoms with van der Waals surface area (Å²) in [6.45, 7) is 0. The van der Waals surface area contributed by atoms with Crippen LogP contribution in [0.4, 0.5) is 0 Å². The van der Waals surface area contributed by atoms with Crippen molar-refractivity contribution in [2.24, 2.45) is 0 Å². The zero-order valence-corrected chi connectivity index (χ0v) is 1.75. The monoisotopic (exact) mass is 103 g/mol. The molecule has 0 saturated heterocycles. The van der Waals surface area contributed by atoms with Gasteiger partial charge < -0.3 is 0 Å². The molecule has 0 fully saturated rings. The van der Waals surface area contributed by atoms with Crippen LogP contribution >= 0.6 is 9.12 Å². The normalized spacial score (nSPS) is 1.00. The maximum absolute atomic E-state index is 7.94. The van der Waals surface area contributed by atoms with Crippen molar-refractivity contribution in [1.82, 2.24) is 0 Å². The summed E-state index contributed by atoms with van der Waals surface area (Å²) in [7, 11) is 2.28. The van der Waals surface area contributed by atoms with E-state index in [0.29, 0.717) is 0 Å². The maximum Gasteiger partial charge on any atom is 0.316 e. The van der Waals surface area contributed by atoms with Gasteiger partial charge in [-0.25, -0.2) is 0 Å². The summed E-state index contributed by atoms with van der Waals surface area (Å²) in [5.74, 6) is 0. The minimum atomic E-state index is 0. The van der Waals surface area contributed by atoms with Gasteiger partial charge in [-0.05, 0) is 0 Å². The Kier molecular flexibility index (Phi) is 118. The molecule has 0 spiro atoms. The molecule has 0 aliphatic carbocycles. The van der Waals surface area contributed by atoms with Gasteiger partial charge in [0.1, 0.15) is 0 Å². The SMILES string of the molecule is O=[P].[AlH3].[MgH2]. The summed E-state index contributed by atoms with van der Waals surface area (Å²) in [6, 6.07) is 0. The van der Waals surface area contributed by atoms with Crippen LogP contribution in [0.2, 0.25) is 0 Å². The molecule has 0 unspecified atom stereocenters. The third kappa shape index (κ3) is 10.00. The quantitative estimate of drug-likeness (QED) is 0.273. The smallest absolute Gasteiger partial charge is 0.261 e. The van der Waals surface area contributed by atoms with Crippen molar-refractivity contribution >= 4 is 49.5 Å². The van der Waals surface area contributed by atoms with E-state index in [-0.39, 0.29) is 40.4 Å². The number of rotatable bonds is 0. The highest BCUT2D eigenvalue weighted by molar-refractivity contribution is 7.00. The molecule has 0 amide bonds. The summed E-state index contributed by atoms with van der Waals surface area (Å²) in [4.78, 5) is 0. The Morgan fingerprint density at radius 3 is 1.25 bits per heavy atom. The van der Waals surface area contributed by atoms with Crippen LogP contribution in [-0.4, -0.2) is 40.4 Å². The lowest BCUT2D eigenvalue weighted by atomic mass is 16.0. The first-order valence-electron chi connectivity index (χ1n) is 0.183. The molecule has 0 bridgehead atoms. The predicted molar refractivity (Wildman–Crippen MR) is 26.1 cm³/mol. The molecule has 1 radical (unpaired) electrons. The van der Waals surface area contributed by atoms with Crippen molar-refractivity contribution in [3.63, 3.8) is 0 Å². The molecule has 0 aliphatic rings. The Morgan fingerprint density at radius 2 is 1.25 bits per heavy atom. The second kappa shape index (κ2) is 26.0. The number of hydrogen-bond acceptors (Lipinski definition) is 1. The zero-order chi connectivity index (χ0) is 2.00. The van der Waals surface area contributed by atoms with Crippen LogP contribution in [0.15, 0.2) is 0 Å². The second-order valence-electron chi connectivity index (χ2n) is 0. The average molecular weight is 103 g/mol. The van der Waals surface area contributed by atoms with Gasteiger partial charge in [-0.15, -0.1) is 0 Å². The standard InChI is InChI=1S/Al.Mg.OP.5H/c;;1-2;;;;;. The summed E-state index contributed by atoms with van der Waals surface area (Å²) in [6.07, 6.45) is 0. The van der Waals surface area contributed by atoms with E-state index >= 15 is 0 Å². The second-order valence-corrected chi connectivity index (χ2v) is 0. The van der Waals surface area contributed by atoms with Crippen molar-refractivity contribution in [2.45, 2.75) is 0 Å². The number of hydrogen-bond donors (Lipinski definition) is 0. The molecule has 0 aromatic heterocycles. The largest absolute Gasteiger partial charge is 0.316 e. The Morgan fingerprint density at radius 1 is 1.25 bits per heavy atom. The fraction of sp³-hybridized carbons (Fsp3) is 0. The van der Waals surface area contributed by atoms with Gasteiger partial charge in [0.2, 0.25) is 0 Å². The molecule has 0 atom stereocenters. The van der Waals surface area contributed by atoms with Gasteiger partial charge in [0.05, 0.1) is 0 Å². The summed E-state index contributed by atoms with van der Waals surface area (Å²) in [5, 5.41) is 0. The van der Waals surface area contributed by atoms with Crippen molar-refractivity contribution in [2.75, 3.05) is 0 Å². The Labute approximate surface area is 54.1 Å². The summed E-state index contributed by atoms with van der Waals surface area (Å²) >= 11 is 0. The van der Waals surface area contributed by atoms with Gasteiger partial charge in [0.25, 0.3) is 9.12 Å². The van der Waals surface area contributed by atoms with Crippen LogP contribution in [-0.2, 0) is 4.57 Å². The lowest BCUT2D eigenvalue weighted by Crippen LogP contribution is -0.489. The molecule has 0 N–H and O–H groups in total. The highest BCUT2D eigenvalue weighted by Gasteiger charge is 0.754. The van der Waals surface area contributed by atoms with Crippen LogP contribution < -0.4 is 0 Å². The molecule has 0 rings (SSSR count). The molecule has 1 nitrogen and oxygen atoms in total. The minimum absolute atomic E-state index is 0. The first-order chi connectivity index (χ1) is 1.00. The Balaban J connectivity index is -0.00000000500. The van der Waals surface area contributed by atoms with Gasteiger partial charge in [0, 0.05) is 0 Å². The average Bonchev–Trinajstić information content (AvgIpc) is 1.00. The van der Waals surface area contributed by atoms with Gasteiger partial charge in [-0.3, -0.25) is 4.57 Å². The Bertz CT molecular complexity index is 8.00. The molecular formula is H5AlMgOP. The van der Waals surface area contributed by atoms with Crippen molar-refractivity contribution < 1.29 is 4.57 Å². The molecule has 0 heterocycles. The van der Waals surface area contributed by atoms with Gasteiger partial charge >= 0.3 is 23.1 Å². The summed E-state index contributed by atoms with van der Waals surface area (Å²) in [5.41, 5.74) is 0. The van der Waals surface area contributed by atoms with E-state index in [9.17, 15) is 0 Å². The molecule has 0 aliphatic heterocycles. The lowest BCUT2D eigenvalue weighted by Gasteiger charge is -0.754. The van der Waals surface area contributed by atoms with E-state index in [4.69, 9.17) is 4.57 Å². The van der Waals surface area contributed by atoms with Gasteiger partial charge in [0.15, 0.2) is 17.4 Å². The molecule has 4 heteroatoms. The third-order valence-electron chi connectivity index (χ3n) is 0. The highest BCUT2D eigenvalue weighted by Crippen LogP contribution is 1.23. The molecule has 0 saturated carbocycles.